The van der Waals surface area contributed by atoms with Gasteiger partial charge in [0.1, 0.15) is 0 Å². The highest BCUT2D eigenvalue weighted by Gasteiger charge is 2.43. The maximum atomic E-state index is 10.7. The Balaban J connectivity index is 2.98. The predicted molar refractivity (Wildman–Crippen MR) is 59.1 cm³/mol. The predicted octanol–water partition coefficient (Wildman–Crippen LogP) is -0.511. The molecular formula is C7H11NO9P2. The fourth-order valence-corrected chi connectivity index (χ4v) is 2.22. The highest BCUT2D eigenvalue weighted by atomic mass is 31.2. The van der Waals surface area contributed by atoms with E-state index in [1.807, 2.05) is 0 Å². The first-order chi connectivity index (χ1) is 8.49. The van der Waals surface area contributed by atoms with Gasteiger partial charge in [0.2, 0.25) is 0 Å². The number of nitrogens with zero attached hydrogens (tertiary/aromatic N) is 1. The van der Waals surface area contributed by atoms with Crippen molar-refractivity contribution in [1.29, 1.82) is 0 Å². The molecule has 0 aliphatic carbocycles. The SMILES string of the molecule is O=P(O)(O)OC(O)(Cc1cccnc1)OP(=O)(O)O. The lowest BCUT2D eigenvalue weighted by molar-refractivity contribution is -0.284. The van der Waals surface area contributed by atoms with Gasteiger partial charge < -0.3 is 24.7 Å². The van der Waals surface area contributed by atoms with E-state index in [0.29, 0.717) is 0 Å². The third-order valence-electron chi connectivity index (χ3n) is 1.67. The third kappa shape index (κ3) is 6.88. The van der Waals surface area contributed by atoms with Crippen LogP contribution in [-0.4, -0.2) is 35.6 Å². The van der Waals surface area contributed by atoms with E-state index in [1.165, 1.54) is 24.5 Å². The molecule has 0 aliphatic heterocycles. The van der Waals surface area contributed by atoms with Crippen molar-refractivity contribution in [3.63, 3.8) is 0 Å². The number of rotatable bonds is 6. The van der Waals surface area contributed by atoms with Gasteiger partial charge in [0, 0.05) is 12.4 Å². The van der Waals surface area contributed by atoms with E-state index < -0.39 is 28.0 Å². The minimum Gasteiger partial charge on any atom is -0.342 e. The van der Waals surface area contributed by atoms with Crippen LogP contribution in [0.4, 0.5) is 0 Å². The molecule has 12 heteroatoms. The first kappa shape index (κ1) is 16.4. The molecule has 19 heavy (non-hydrogen) atoms. The number of phosphoric ester groups is 2. The van der Waals surface area contributed by atoms with Gasteiger partial charge in [-0.2, -0.15) is 0 Å². The Labute approximate surface area is 107 Å². The van der Waals surface area contributed by atoms with Gasteiger partial charge in [-0.15, -0.1) is 0 Å². The van der Waals surface area contributed by atoms with E-state index in [1.54, 1.807) is 0 Å². The molecule has 1 aromatic rings. The first-order valence-corrected chi connectivity index (χ1v) is 7.69. The zero-order chi connectivity index (χ0) is 14.7. The molecule has 108 valence electrons. The molecule has 0 aliphatic rings. The molecule has 0 radical (unpaired) electrons. The Morgan fingerprint density at radius 1 is 1.16 bits per heavy atom. The van der Waals surface area contributed by atoms with Gasteiger partial charge in [-0.3, -0.25) is 4.98 Å². The molecule has 1 aromatic heterocycles. The zero-order valence-corrected chi connectivity index (χ0v) is 11.0. The Morgan fingerprint density at radius 3 is 2.05 bits per heavy atom. The molecule has 0 fully saturated rings. The molecule has 0 aromatic carbocycles. The number of phosphoric acid groups is 2. The third-order valence-corrected chi connectivity index (χ3v) is 2.72. The van der Waals surface area contributed by atoms with Crippen LogP contribution >= 0.6 is 15.6 Å². The Hall–Kier alpha value is -0.670. The summed E-state index contributed by atoms with van der Waals surface area (Å²) in [7, 11) is -10.5. The minimum atomic E-state index is -5.25. The molecule has 0 atom stereocenters. The van der Waals surface area contributed by atoms with Gasteiger partial charge in [-0.1, -0.05) is 6.07 Å². The first-order valence-electron chi connectivity index (χ1n) is 4.63. The fraction of sp³-hybridized carbons (Fsp3) is 0.286. The van der Waals surface area contributed by atoms with Crippen LogP contribution in [0.3, 0.4) is 0 Å². The van der Waals surface area contributed by atoms with Crippen molar-refractivity contribution < 1.29 is 42.9 Å². The zero-order valence-electron chi connectivity index (χ0n) is 9.23. The monoisotopic (exact) mass is 315 g/mol. The van der Waals surface area contributed by atoms with Crippen LogP contribution in [0, 0.1) is 0 Å². The van der Waals surface area contributed by atoms with Crippen molar-refractivity contribution in [2.75, 3.05) is 0 Å². The van der Waals surface area contributed by atoms with Crippen molar-refractivity contribution >= 4 is 15.6 Å². The lowest BCUT2D eigenvalue weighted by Crippen LogP contribution is -2.36. The number of hydrogen-bond donors (Lipinski definition) is 5. The van der Waals surface area contributed by atoms with Crippen LogP contribution in [0.15, 0.2) is 24.5 Å². The molecular weight excluding hydrogens is 304 g/mol. The van der Waals surface area contributed by atoms with Gasteiger partial charge in [0.05, 0.1) is 6.42 Å². The van der Waals surface area contributed by atoms with Crippen molar-refractivity contribution in [2.45, 2.75) is 12.4 Å². The smallest absolute Gasteiger partial charge is 0.342 e. The second kappa shape index (κ2) is 5.76. The maximum Gasteiger partial charge on any atom is 0.473 e. The standard InChI is InChI=1S/C7H11NO9P2/c9-7(16-18(10,11)12,17-19(13,14)15)4-6-2-1-3-8-5-6/h1-3,5,9H,4H2,(H2,10,11,12)(H2,13,14,15). The summed E-state index contributed by atoms with van der Waals surface area (Å²) in [5.74, 6) is -3.19. The summed E-state index contributed by atoms with van der Waals surface area (Å²) in [6.45, 7) is 0. The van der Waals surface area contributed by atoms with Crippen molar-refractivity contribution in [3.8, 4) is 0 Å². The topological polar surface area (TPSA) is 167 Å². The van der Waals surface area contributed by atoms with Gasteiger partial charge in [0.15, 0.2) is 0 Å². The number of aromatic nitrogens is 1. The van der Waals surface area contributed by atoms with Crippen LogP contribution in [-0.2, 0) is 24.6 Å². The average Bonchev–Trinajstić information content (AvgIpc) is 2.11. The molecule has 0 saturated carbocycles. The molecule has 0 spiro atoms. The van der Waals surface area contributed by atoms with E-state index in [9.17, 15) is 14.2 Å². The Morgan fingerprint density at radius 2 is 1.68 bits per heavy atom. The van der Waals surface area contributed by atoms with E-state index in [4.69, 9.17) is 19.6 Å². The van der Waals surface area contributed by atoms with Gasteiger partial charge in [-0.25, -0.2) is 18.2 Å². The van der Waals surface area contributed by atoms with E-state index in [-0.39, 0.29) is 5.56 Å². The van der Waals surface area contributed by atoms with Gasteiger partial charge >= 0.3 is 21.6 Å². The summed E-state index contributed by atoms with van der Waals surface area (Å²) in [6.07, 6.45) is 1.82. The van der Waals surface area contributed by atoms with E-state index >= 15 is 0 Å². The number of aliphatic hydroxyl groups is 1. The van der Waals surface area contributed by atoms with Crippen molar-refractivity contribution in [3.05, 3.63) is 30.1 Å². The molecule has 0 amide bonds. The van der Waals surface area contributed by atoms with Crippen molar-refractivity contribution in [1.82, 2.24) is 4.98 Å². The van der Waals surface area contributed by atoms with Crippen molar-refractivity contribution in [2.24, 2.45) is 0 Å². The van der Waals surface area contributed by atoms with Gasteiger partial charge in [0.25, 0.3) is 0 Å². The molecule has 5 N–H and O–H groups in total. The van der Waals surface area contributed by atoms with Crippen LogP contribution in [0.2, 0.25) is 0 Å². The summed E-state index contributed by atoms with van der Waals surface area (Å²) < 4.78 is 29.1. The summed E-state index contributed by atoms with van der Waals surface area (Å²) in [4.78, 5) is 38.1. The largest absolute Gasteiger partial charge is 0.473 e. The quantitative estimate of drug-likeness (QED) is 0.340. The normalized spacial score (nSPS) is 13.5. The molecule has 0 saturated heterocycles. The highest BCUT2D eigenvalue weighted by molar-refractivity contribution is 7.47. The molecule has 10 nitrogen and oxygen atoms in total. The van der Waals surface area contributed by atoms with Crippen LogP contribution in [0.1, 0.15) is 5.56 Å². The summed E-state index contributed by atoms with van der Waals surface area (Å²) in [6, 6.07) is 2.81. The number of hydrogen-bond acceptors (Lipinski definition) is 6. The van der Waals surface area contributed by atoms with Crippen LogP contribution in [0.5, 0.6) is 0 Å². The van der Waals surface area contributed by atoms with E-state index in [0.717, 1.165) is 0 Å². The summed E-state index contributed by atoms with van der Waals surface area (Å²) in [5.41, 5.74) is 0.173. The summed E-state index contributed by atoms with van der Waals surface area (Å²) in [5, 5.41) is 9.68. The lowest BCUT2D eigenvalue weighted by atomic mass is 10.2. The minimum absolute atomic E-state index is 0.173. The van der Waals surface area contributed by atoms with Gasteiger partial charge in [-0.05, 0) is 11.6 Å². The van der Waals surface area contributed by atoms with Crippen LogP contribution < -0.4 is 0 Å². The molecule has 1 rings (SSSR count). The second-order valence-corrected chi connectivity index (χ2v) is 5.74. The lowest BCUT2D eigenvalue weighted by Gasteiger charge is -2.27. The van der Waals surface area contributed by atoms with Crippen LogP contribution in [0.25, 0.3) is 0 Å². The average molecular weight is 315 g/mol. The highest BCUT2D eigenvalue weighted by Crippen LogP contribution is 2.48. The molecule has 1 heterocycles. The molecule has 0 unspecified atom stereocenters. The summed E-state index contributed by atoms with van der Waals surface area (Å²) >= 11 is 0. The fourth-order valence-electron chi connectivity index (χ4n) is 1.21. The Bertz CT molecular complexity index is 485. The molecule has 0 bridgehead atoms. The second-order valence-electron chi connectivity index (χ2n) is 3.41. The Kier molecular flexibility index (Phi) is 4.97. The van der Waals surface area contributed by atoms with E-state index in [2.05, 4.69) is 14.0 Å². The maximum absolute atomic E-state index is 10.7. The number of pyridine rings is 1.